The van der Waals surface area contributed by atoms with E-state index in [1.807, 2.05) is 6.20 Å². The molecule has 1 aromatic heterocycles. The van der Waals surface area contributed by atoms with E-state index in [4.69, 9.17) is 0 Å². The van der Waals surface area contributed by atoms with Gasteiger partial charge in [0.05, 0.1) is 6.20 Å². The summed E-state index contributed by atoms with van der Waals surface area (Å²) in [5.41, 5.74) is 1.47. The van der Waals surface area contributed by atoms with Gasteiger partial charge in [0.15, 0.2) is 0 Å². The summed E-state index contributed by atoms with van der Waals surface area (Å²) < 4.78 is 0. The smallest absolute Gasteiger partial charge is 0.222 e. The lowest BCUT2D eigenvalue weighted by Crippen LogP contribution is -2.32. The number of aromatic amines is 1. The van der Waals surface area contributed by atoms with Gasteiger partial charge in [-0.3, -0.25) is 9.89 Å². The monoisotopic (exact) mass is 277 g/mol. The van der Waals surface area contributed by atoms with Crippen molar-refractivity contribution >= 4 is 5.91 Å². The minimum absolute atomic E-state index is 0.292. The number of aryl methyl sites for hydroxylation is 1. The summed E-state index contributed by atoms with van der Waals surface area (Å²) in [6.07, 6.45) is 8.57. The molecule has 0 bridgehead atoms. The zero-order chi connectivity index (χ0) is 14.6. The van der Waals surface area contributed by atoms with Crippen LogP contribution in [-0.2, 0) is 11.2 Å². The molecule has 1 aliphatic heterocycles. The summed E-state index contributed by atoms with van der Waals surface area (Å²) >= 11 is 0. The van der Waals surface area contributed by atoms with E-state index in [0.29, 0.717) is 17.7 Å². The second kappa shape index (κ2) is 6.42. The lowest BCUT2D eigenvalue weighted by Gasteiger charge is -2.29. The van der Waals surface area contributed by atoms with E-state index in [1.54, 1.807) is 6.20 Å². The molecule has 0 saturated carbocycles. The van der Waals surface area contributed by atoms with Crippen molar-refractivity contribution in [3.63, 3.8) is 0 Å². The summed E-state index contributed by atoms with van der Waals surface area (Å²) in [4.78, 5) is 14.4. The van der Waals surface area contributed by atoms with Gasteiger partial charge < -0.3 is 4.90 Å². The van der Waals surface area contributed by atoms with Gasteiger partial charge in [-0.2, -0.15) is 5.10 Å². The first-order chi connectivity index (χ1) is 9.47. The third-order valence-electron chi connectivity index (χ3n) is 4.49. The van der Waals surface area contributed by atoms with Crippen LogP contribution in [0.1, 0.15) is 52.0 Å². The number of amides is 1. The standard InChI is InChI=1S/C16H27N3O/c1-16(2,3)14-5-4-9-19(10-8-14)15(20)7-6-13-11-17-18-12-13/h11-12,14H,4-10H2,1-3H3,(H,17,18). The molecule has 0 radical (unpaired) electrons. The van der Waals surface area contributed by atoms with Crippen molar-refractivity contribution in [2.75, 3.05) is 13.1 Å². The van der Waals surface area contributed by atoms with Crippen molar-refractivity contribution in [2.45, 2.75) is 52.9 Å². The van der Waals surface area contributed by atoms with E-state index in [0.717, 1.165) is 43.8 Å². The van der Waals surface area contributed by atoms with Crippen LogP contribution in [0.3, 0.4) is 0 Å². The van der Waals surface area contributed by atoms with E-state index >= 15 is 0 Å². The molecule has 1 N–H and O–H groups in total. The molecule has 20 heavy (non-hydrogen) atoms. The Bertz CT molecular complexity index is 419. The molecule has 112 valence electrons. The summed E-state index contributed by atoms with van der Waals surface area (Å²) in [6, 6.07) is 0. The highest BCUT2D eigenvalue weighted by Gasteiger charge is 2.28. The third kappa shape index (κ3) is 4.09. The second-order valence-corrected chi connectivity index (χ2v) is 6.98. The Morgan fingerprint density at radius 1 is 1.40 bits per heavy atom. The van der Waals surface area contributed by atoms with Gasteiger partial charge in [0.2, 0.25) is 5.91 Å². The highest BCUT2D eigenvalue weighted by molar-refractivity contribution is 5.76. The molecule has 4 heteroatoms. The fraction of sp³-hybridized carbons (Fsp3) is 0.750. The summed E-state index contributed by atoms with van der Waals surface area (Å²) in [7, 11) is 0. The molecule has 1 aromatic rings. The fourth-order valence-electron chi connectivity index (χ4n) is 3.04. The topological polar surface area (TPSA) is 49.0 Å². The number of aromatic nitrogens is 2. The van der Waals surface area contributed by atoms with E-state index < -0.39 is 0 Å². The molecule has 1 saturated heterocycles. The first-order valence-electron chi connectivity index (χ1n) is 7.72. The average molecular weight is 277 g/mol. The zero-order valence-electron chi connectivity index (χ0n) is 13.0. The van der Waals surface area contributed by atoms with Crippen molar-refractivity contribution in [1.82, 2.24) is 15.1 Å². The number of carbonyl (C=O) groups is 1. The van der Waals surface area contributed by atoms with Gasteiger partial charge in [-0.1, -0.05) is 20.8 Å². The van der Waals surface area contributed by atoms with Crippen LogP contribution in [0.4, 0.5) is 0 Å². The number of hydrogen-bond acceptors (Lipinski definition) is 2. The van der Waals surface area contributed by atoms with Crippen LogP contribution in [-0.4, -0.2) is 34.1 Å². The number of rotatable bonds is 3. The van der Waals surface area contributed by atoms with Crippen LogP contribution < -0.4 is 0 Å². The summed E-state index contributed by atoms with van der Waals surface area (Å²) in [6.45, 7) is 8.79. The quantitative estimate of drug-likeness (QED) is 0.923. The highest BCUT2D eigenvalue weighted by Crippen LogP contribution is 2.34. The van der Waals surface area contributed by atoms with E-state index in [2.05, 4.69) is 35.9 Å². The maximum Gasteiger partial charge on any atom is 0.222 e. The maximum atomic E-state index is 12.3. The van der Waals surface area contributed by atoms with Crippen molar-refractivity contribution in [1.29, 1.82) is 0 Å². The van der Waals surface area contributed by atoms with Crippen LogP contribution in [0.5, 0.6) is 0 Å². The van der Waals surface area contributed by atoms with Crippen LogP contribution in [0.15, 0.2) is 12.4 Å². The molecule has 1 unspecified atom stereocenters. The van der Waals surface area contributed by atoms with Gasteiger partial charge >= 0.3 is 0 Å². The van der Waals surface area contributed by atoms with E-state index in [1.165, 1.54) is 6.42 Å². The predicted octanol–water partition coefficient (Wildman–Crippen LogP) is 3.02. The number of likely N-dealkylation sites (tertiary alicyclic amines) is 1. The van der Waals surface area contributed by atoms with E-state index in [9.17, 15) is 4.79 Å². The molecule has 0 spiro atoms. The van der Waals surface area contributed by atoms with Crippen molar-refractivity contribution in [3.05, 3.63) is 18.0 Å². The minimum atomic E-state index is 0.292. The van der Waals surface area contributed by atoms with Gasteiger partial charge in [-0.15, -0.1) is 0 Å². The van der Waals surface area contributed by atoms with Crippen LogP contribution >= 0.6 is 0 Å². The number of hydrogen-bond donors (Lipinski definition) is 1. The normalized spacial score (nSPS) is 20.8. The Labute approximate surface area is 121 Å². The Balaban J connectivity index is 1.82. The molecule has 4 nitrogen and oxygen atoms in total. The molecule has 2 rings (SSSR count). The highest BCUT2D eigenvalue weighted by atomic mass is 16.2. The molecule has 2 heterocycles. The summed E-state index contributed by atoms with van der Waals surface area (Å²) in [5.74, 6) is 1.02. The first kappa shape index (κ1) is 15.1. The molecule has 0 aromatic carbocycles. The first-order valence-corrected chi connectivity index (χ1v) is 7.72. The Kier molecular flexibility index (Phi) is 4.84. The van der Waals surface area contributed by atoms with Crippen LogP contribution in [0.25, 0.3) is 0 Å². The molecule has 1 aliphatic rings. The van der Waals surface area contributed by atoms with Crippen LogP contribution in [0, 0.1) is 11.3 Å². The number of nitrogens with one attached hydrogen (secondary N) is 1. The Morgan fingerprint density at radius 2 is 2.20 bits per heavy atom. The molecule has 1 fully saturated rings. The lowest BCUT2D eigenvalue weighted by molar-refractivity contribution is -0.131. The number of nitrogens with zero attached hydrogens (tertiary/aromatic N) is 2. The fourth-order valence-corrected chi connectivity index (χ4v) is 3.04. The SMILES string of the molecule is CC(C)(C)C1CCCN(C(=O)CCc2cn[nH]c2)CC1. The molecule has 1 amide bonds. The van der Waals surface area contributed by atoms with Gasteiger partial charge in [-0.05, 0) is 42.6 Å². The van der Waals surface area contributed by atoms with Crippen molar-refractivity contribution in [2.24, 2.45) is 11.3 Å². The van der Waals surface area contributed by atoms with Gasteiger partial charge in [0, 0.05) is 25.7 Å². The Morgan fingerprint density at radius 3 is 2.85 bits per heavy atom. The van der Waals surface area contributed by atoms with Gasteiger partial charge in [-0.25, -0.2) is 0 Å². The average Bonchev–Trinajstić information content (AvgIpc) is 2.76. The lowest BCUT2D eigenvalue weighted by atomic mass is 9.77. The largest absolute Gasteiger partial charge is 0.343 e. The minimum Gasteiger partial charge on any atom is -0.343 e. The van der Waals surface area contributed by atoms with E-state index in [-0.39, 0.29) is 0 Å². The Hall–Kier alpha value is -1.32. The third-order valence-corrected chi connectivity index (χ3v) is 4.49. The van der Waals surface area contributed by atoms with Gasteiger partial charge in [0.1, 0.15) is 0 Å². The van der Waals surface area contributed by atoms with Crippen LogP contribution in [0.2, 0.25) is 0 Å². The molecular formula is C16H27N3O. The zero-order valence-corrected chi connectivity index (χ0v) is 13.0. The van der Waals surface area contributed by atoms with Crippen molar-refractivity contribution < 1.29 is 4.79 Å². The second-order valence-electron chi connectivity index (χ2n) is 6.98. The van der Waals surface area contributed by atoms with Crippen molar-refractivity contribution in [3.8, 4) is 0 Å². The molecule has 0 aliphatic carbocycles. The van der Waals surface area contributed by atoms with Gasteiger partial charge in [0.25, 0.3) is 0 Å². The maximum absolute atomic E-state index is 12.3. The summed E-state index contributed by atoms with van der Waals surface area (Å²) in [5, 5.41) is 6.71. The predicted molar refractivity (Wildman–Crippen MR) is 80.3 cm³/mol. The molecule has 1 atom stereocenters. The molecular weight excluding hydrogens is 250 g/mol. The number of carbonyl (C=O) groups excluding carboxylic acids is 1. The number of H-pyrrole nitrogens is 1.